The molecular formula is C32H46O8. The third-order valence-electron chi connectivity index (χ3n) is 11.9. The number of Topliss-reactive ketones (excluding diaryl/α,β-unsaturated/α-hetero) is 1. The molecule has 8 nitrogen and oxygen atoms in total. The summed E-state index contributed by atoms with van der Waals surface area (Å²) in [5.41, 5.74) is -2.77. The highest BCUT2D eigenvalue weighted by Gasteiger charge is 2.70. The van der Waals surface area contributed by atoms with Crippen molar-refractivity contribution in [2.24, 2.45) is 45.3 Å². The number of carbonyl (C=O) groups excluding carboxylic acids is 3. The molecule has 1 heterocycles. The molecule has 0 unspecified atom stereocenters. The molecular weight excluding hydrogens is 512 g/mol. The molecule has 0 radical (unpaired) electrons. The van der Waals surface area contributed by atoms with Crippen LogP contribution in [0.5, 0.6) is 0 Å². The average molecular weight is 559 g/mol. The van der Waals surface area contributed by atoms with Crippen molar-refractivity contribution >= 4 is 17.5 Å². The van der Waals surface area contributed by atoms with Gasteiger partial charge in [0.1, 0.15) is 6.10 Å². The standard InChI is InChI=1S/C32H46O8/c1-16(33)39-27-17(13-19(34)26(38)29(4,5)40-27)18-9-10-21-31(18,7)15-20(35)25-30(6)12-11-23(36)28(2,3)22(30)14-24(37)32(21,25)8/h10-12,17-18,20,22,24-27,35,37-38H,9,13-15H2,1-8H3/t17-,18+,20-,22+,24-,25-,26-,27+,30+,31+,32-/m1/s1. The van der Waals surface area contributed by atoms with Gasteiger partial charge in [-0.25, -0.2) is 0 Å². The van der Waals surface area contributed by atoms with Crippen molar-refractivity contribution in [3.05, 3.63) is 23.8 Å². The molecule has 0 spiro atoms. The van der Waals surface area contributed by atoms with Gasteiger partial charge in [0.25, 0.3) is 0 Å². The Morgan fingerprint density at radius 2 is 1.70 bits per heavy atom. The lowest BCUT2D eigenvalue weighted by molar-refractivity contribution is -0.241. The highest BCUT2D eigenvalue weighted by molar-refractivity contribution is 5.95. The van der Waals surface area contributed by atoms with Crippen LogP contribution >= 0.6 is 0 Å². The molecule has 0 bridgehead atoms. The van der Waals surface area contributed by atoms with Gasteiger partial charge in [0, 0.05) is 36.0 Å². The third-order valence-corrected chi connectivity index (χ3v) is 11.9. The molecule has 0 amide bonds. The molecule has 4 aliphatic carbocycles. The van der Waals surface area contributed by atoms with Gasteiger partial charge in [0.15, 0.2) is 11.6 Å². The van der Waals surface area contributed by atoms with Crippen LogP contribution in [0.4, 0.5) is 0 Å². The first-order valence-corrected chi connectivity index (χ1v) is 14.7. The van der Waals surface area contributed by atoms with Crippen molar-refractivity contribution in [2.45, 2.75) is 111 Å². The Morgan fingerprint density at radius 3 is 2.33 bits per heavy atom. The number of ether oxygens (including phenoxy) is 2. The van der Waals surface area contributed by atoms with E-state index in [0.717, 1.165) is 5.57 Å². The number of aliphatic hydroxyl groups is 3. The molecule has 2 saturated carbocycles. The lowest BCUT2D eigenvalue weighted by atomic mass is 9.37. The van der Waals surface area contributed by atoms with Gasteiger partial charge in [-0.05, 0) is 61.9 Å². The van der Waals surface area contributed by atoms with Gasteiger partial charge in [0.05, 0.1) is 17.8 Å². The zero-order valence-electron chi connectivity index (χ0n) is 25.1. The summed E-state index contributed by atoms with van der Waals surface area (Å²) < 4.78 is 11.8. The van der Waals surface area contributed by atoms with E-state index < -0.39 is 63.8 Å². The molecule has 11 atom stereocenters. The van der Waals surface area contributed by atoms with Gasteiger partial charge in [-0.3, -0.25) is 14.4 Å². The average Bonchev–Trinajstić information content (AvgIpc) is 3.14. The van der Waals surface area contributed by atoms with Crippen molar-refractivity contribution < 1.29 is 39.2 Å². The SMILES string of the molecule is CC(=O)O[C@H]1OC(C)(C)[C@H](O)C(=O)C[C@@H]1[C@@H]1CC=C2[C@]3(C)[C@H](O)C[C@H]4C(C)(C)C(=O)C=C[C@]4(C)[C@H]3[C@H](O)C[C@]21C. The van der Waals surface area contributed by atoms with Crippen molar-refractivity contribution in [1.29, 1.82) is 0 Å². The van der Waals surface area contributed by atoms with Crippen LogP contribution in [-0.2, 0) is 23.9 Å². The largest absolute Gasteiger partial charge is 0.436 e. The lowest BCUT2D eigenvalue weighted by Crippen LogP contribution is -2.67. The van der Waals surface area contributed by atoms with Crippen molar-refractivity contribution in [1.82, 2.24) is 0 Å². The van der Waals surface area contributed by atoms with E-state index in [1.807, 2.05) is 26.8 Å². The molecule has 3 fully saturated rings. The van der Waals surface area contributed by atoms with Crippen molar-refractivity contribution in [2.75, 3.05) is 0 Å². The van der Waals surface area contributed by atoms with Gasteiger partial charge >= 0.3 is 5.97 Å². The van der Waals surface area contributed by atoms with Crippen molar-refractivity contribution in [3.63, 3.8) is 0 Å². The number of carbonyl (C=O) groups is 3. The van der Waals surface area contributed by atoms with Gasteiger partial charge in [0.2, 0.25) is 6.29 Å². The van der Waals surface area contributed by atoms with Crippen LogP contribution in [0, 0.1) is 45.3 Å². The number of rotatable bonds is 2. The minimum atomic E-state index is -1.36. The minimum Gasteiger partial charge on any atom is -0.436 e. The predicted octanol–water partition coefficient (Wildman–Crippen LogP) is 3.51. The second-order valence-corrected chi connectivity index (χ2v) is 14.9. The fraction of sp³-hybridized carbons (Fsp3) is 0.781. The zero-order valence-corrected chi connectivity index (χ0v) is 25.1. The maximum absolute atomic E-state index is 13.2. The molecule has 0 aromatic rings. The molecule has 8 heteroatoms. The molecule has 3 N–H and O–H groups in total. The summed E-state index contributed by atoms with van der Waals surface area (Å²) in [5.74, 6) is -2.10. The maximum atomic E-state index is 13.2. The molecule has 40 heavy (non-hydrogen) atoms. The van der Waals surface area contributed by atoms with Gasteiger partial charge in [-0.2, -0.15) is 0 Å². The first kappa shape index (κ1) is 29.6. The van der Waals surface area contributed by atoms with Crippen LogP contribution in [0.2, 0.25) is 0 Å². The van der Waals surface area contributed by atoms with E-state index in [0.29, 0.717) is 19.3 Å². The second-order valence-electron chi connectivity index (χ2n) is 14.9. The topological polar surface area (TPSA) is 130 Å². The summed E-state index contributed by atoms with van der Waals surface area (Å²) in [6.07, 6.45) is 3.15. The summed E-state index contributed by atoms with van der Waals surface area (Å²) in [6.45, 7) is 14.6. The lowest BCUT2D eigenvalue weighted by Gasteiger charge is -2.67. The molecule has 222 valence electrons. The number of aliphatic hydroxyl groups excluding tert-OH is 3. The minimum absolute atomic E-state index is 0.0263. The fourth-order valence-electron chi connectivity index (χ4n) is 10.0. The molecule has 1 aliphatic heterocycles. The third kappa shape index (κ3) is 3.89. The molecule has 0 aromatic carbocycles. The van der Waals surface area contributed by atoms with Crippen LogP contribution in [0.1, 0.15) is 81.1 Å². The smallest absolute Gasteiger partial charge is 0.304 e. The molecule has 5 aliphatic rings. The Bertz CT molecular complexity index is 1180. The van der Waals surface area contributed by atoms with Gasteiger partial charge in [-0.1, -0.05) is 52.3 Å². The number of ketones is 2. The van der Waals surface area contributed by atoms with Crippen LogP contribution in [0.3, 0.4) is 0 Å². The van der Waals surface area contributed by atoms with E-state index in [9.17, 15) is 29.7 Å². The molecule has 5 rings (SSSR count). The Morgan fingerprint density at radius 1 is 1.05 bits per heavy atom. The first-order valence-electron chi connectivity index (χ1n) is 14.7. The number of hydrogen-bond donors (Lipinski definition) is 3. The fourth-order valence-corrected chi connectivity index (χ4v) is 10.0. The Labute approximate surface area is 237 Å². The number of fused-ring (bicyclic) bond motifs is 5. The van der Waals surface area contributed by atoms with Crippen LogP contribution in [0.25, 0.3) is 0 Å². The quantitative estimate of drug-likeness (QED) is 0.347. The van der Waals surface area contributed by atoms with E-state index in [4.69, 9.17) is 9.47 Å². The summed E-state index contributed by atoms with van der Waals surface area (Å²) in [6, 6.07) is 0. The van der Waals surface area contributed by atoms with E-state index in [1.54, 1.807) is 19.9 Å². The summed E-state index contributed by atoms with van der Waals surface area (Å²) in [4.78, 5) is 38.2. The highest BCUT2D eigenvalue weighted by Crippen LogP contribution is 2.72. The summed E-state index contributed by atoms with van der Waals surface area (Å²) in [5, 5.41) is 34.7. The van der Waals surface area contributed by atoms with Gasteiger partial charge < -0.3 is 24.8 Å². The van der Waals surface area contributed by atoms with Gasteiger partial charge in [-0.15, -0.1) is 0 Å². The van der Waals surface area contributed by atoms with Crippen LogP contribution in [0.15, 0.2) is 23.8 Å². The van der Waals surface area contributed by atoms with E-state index in [-0.39, 0.29) is 35.7 Å². The summed E-state index contributed by atoms with van der Waals surface area (Å²) >= 11 is 0. The van der Waals surface area contributed by atoms with Crippen LogP contribution in [-0.4, -0.2) is 63.1 Å². The summed E-state index contributed by atoms with van der Waals surface area (Å²) in [7, 11) is 0. The Kier molecular flexibility index (Phi) is 6.71. The van der Waals surface area contributed by atoms with E-state index >= 15 is 0 Å². The first-order chi connectivity index (χ1) is 18.3. The number of esters is 1. The maximum Gasteiger partial charge on any atom is 0.304 e. The van der Waals surface area contributed by atoms with E-state index in [2.05, 4.69) is 19.9 Å². The predicted molar refractivity (Wildman–Crippen MR) is 147 cm³/mol. The molecule has 0 aromatic heterocycles. The van der Waals surface area contributed by atoms with Crippen molar-refractivity contribution in [3.8, 4) is 0 Å². The second kappa shape index (κ2) is 9.06. The van der Waals surface area contributed by atoms with E-state index in [1.165, 1.54) is 6.92 Å². The highest BCUT2D eigenvalue weighted by atomic mass is 16.7. The Hall–Kier alpha value is -1.87. The Balaban J connectivity index is 1.57. The number of allylic oxidation sites excluding steroid dienone is 3. The monoisotopic (exact) mass is 558 g/mol. The zero-order chi connectivity index (χ0) is 29.8. The normalized spacial score (nSPS) is 49.3. The molecule has 1 saturated heterocycles. The van der Waals surface area contributed by atoms with Crippen LogP contribution < -0.4 is 0 Å². The number of hydrogen-bond acceptors (Lipinski definition) is 8.